The standard InChI is InChI=1S/C19H27NO2S/c1-15(13-14-16-9-5-4-6-10-16)23-19(21)20(2)17-11-7-8-12-18(17)22-3/h7-8,11-16H,4-6,9-10H2,1-3H3/b14-13+. The average Bonchev–Trinajstić information content (AvgIpc) is 2.60. The van der Waals surface area contributed by atoms with Crippen LogP contribution in [-0.4, -0.2) is 24.6 Å². The zero-order valence-electron chi connectivity index (χ0n) is 14.3. The molecule has 2 rings (SSSR count). The molecule has 0 saturated heterocycles. The summed E-state index contributed by atoms with van der Waals surface area (Å²) in [7, 11) is 3.42. The smallest absolute Gasteiger partial charge is 0.286 e. The molecule has 0 bridgehead atoms. The number of thioether (sulfide) groups is 1. The van der Waals surface area contributed by atoms with Gasteiger partial charge >= 0.3 is 0 Å². The minimum absolute atomic E-state index is 0.0373. The van der Waals surface area contributed by atoms with E-state index in [2.05, 4.69) is 19.1 Å². The van der Waals surface area contributed by atoms with Gasteiger partial charge in [0, 0.05) is 12.3 Å². The fourth-order valence-electron chi connectivity index (χ4n) is 2.92. The number of allylic oxidation sites excluding steroid dienone is 1. The SMILES string of the molecule is COc1ccccc1N(C)C(=O)SC(C)/C=C/C1CCCCC1. The van der Waals surface area contributed by atoms with Crippen molar-refractivity contribution in [3.8, 4) is 5.75 Å². The van der Waals surface area contributed by atoms with Crippen LogP contribution in [-0.2, 0) is 0 Å². The van der Waals surface area contributed by atoms with Crippen molar-refractivity contribution in [3.63, 3.8) is 0 Å². The second kappa shape index (κ2) is 9.02. The number of benzene rings is 1. The minimum Gasteiger partial charge on any atom is -0.495 e. The van der Waals surface area contributed by atoms with Crippen molar-refractivity contribution in [2.45, 2.75) is 44.3 Å². The lowest BCUT2D eigenvalue weighted by Gasteiger charge is -2.21. The van der Waals surface area contributed by atoms with Gasteiger partial charge in [-0.3, -0.25) is 4.79 Å². The van der Waals surface area contributed by atoms with Crippen molar-refractivity contribution in [1.29, 1.82) is 0 Å². The quantitative estimate of drug-likeness (QED) is 0.665. The van der Waals surface area contributed by atoms with Crippen LogP contribution in [0, 0.1) is 5.92 Å². The molecule has 23 heavy (non-hydrogen) atoms. The predicted molar refractivity (Wildman–Crippen MR) is 99.6 cm³/mol. The van der Waals surface area contributed by atoms with Crippen LogP contribution < -0.4 is 9.64 Å². The molecule has 1 fully saturated rings. The highest BCUT2D eigenvalue weighted by Gasteiger charge is 2.17. The van der Waals surface area contributed by atoms with Crippen molar-refractivity contribution in [1.82, 2.24) is 0 Å². The highest BCUT2D eigenvalue weighted by Crippen LogP contribution is 2.30. The van der Waals surface area contributed by atoms with E-state index in [1.807, 2.05) is 24.3 Å². The zero-order chi connectivity index (χ0) is 16.7. The molecule has 0 aliphatic heterocycles. The topological polar surface area (TPSA) is 29.5 Å². The maximum absolute atomic E-state index is 12.5. The lowest BCUT2D eigenvalue weighted by atomic mass is 9.89. The lowest BCUT2D eigenvalue weighted by Crippen LogP contribution is -2.23. The fraction of sp³-hybridized carbons (Fsp3) is 0.526. The summed E-state index contributed by atoms with van der Waals surface area (Å²) in [5.41, 5.74) is 0.802. The van der Waals surface area contributed by atoms with Crippen molar-refractivity contribution in [3.05, 3.63) is 36.4 Å². The van der Waals surface area contributed by atoms with E-state index in [0.29, 0.717) is 11.7 Å². The number of ether oxygens (including phenoxy) is 1. The van der Waals surface area contributed by atoms with Crippen LogP contribution in [0.25, 0.3) is 0 Å². The maximum atomic E-state index is 12.5. The van der Waals surface area contributed by atoms with Crippen LogP contribution in [0.3, 0.4) is 0 Å². The van der Waals surface area contributed by atoms with Crippen LogP contribution in [0.5, 0.6) is 5.75 Å². The van der Waals surface area contributed by atoms with Crippen molar-refractivity contribution in [2.24, 2.45) is 5.92 Å². The molecule has 0 spiro atoms. The molecule has 126 valence electrons. The summed E-state index contributed by atoms with van der Waals surface area (Å²) in [6, 6.07) is 7.60. The molecule has 1 atom stereocenters. The lowest BCUT2D eigenvalue weighted by molar-refractivity contribution is 0.266. The monoisotopic (exact) mass is 333 g/mol. The second-order valence-electron chi connectivity index (χ2n) is 6.10. The third-order valence-electron chi connectivity index (χ3n) is 4.31. The van der Waals surface area contributed by atoms with Gasteiger partial charge in [0.25, 0.3) is 5.24 Å². The molecule has 1 aromatic carbocycles. The molecule has 1 aromatic rings. The van der Waals surface area contributed by atoms with E-state index in [1.54, 1.807) is 19.1 Å². The summed E-state index contributed by atoms with van der Waals surface area (Å²) in [5, 5.41) is 0.219. The number of nitrogens with zero attached hydrogens (tertiary/aromatic N) is 1. The average molecular weight is 333 g/mol. The largest absolute Gasteiger partial charge is 0.495 e. The number of rotatable bonds is 5. The molecular weight excluding hydrogens is 306 g/mol. The Hall–Kier alpha value is -1.42. The van der Waals surface area contributed by atoms with Crippen molar-refractivity contribution in [2.75, 3.05) is 19.1 Å². The molecule has 0 radical (unpaired) electrons. The summed E-state index contributed by atoms with van der Waals surface area (Å²) in [6.45, 7) is 2.08. The maximum Gasteiger partial charge on any atom is 0.286 e. The van der Waals surface area contributed by atoms with Gasteiger partial charge in [0.15, 0.2) is 0 Å². The molecule has 4 heteroatoms. The van der Waals surface area contributed by atoms with Gasteiger partial charge in [0.05, 0.1) is 12.8 Å². The number of para-hydroxylation sites is 2. The Bertz CT molecular complexity index is 538. The zero-order valence-corrected chi connectivity index (χ0v) is 15.1. The third-order valence-corrected chi connectivity index (χ3v) is 5.32. The normalized spacial score (nSPS) is 17.2. The molecule has 3 nitrogen and oxygen atoms in total. The van der Waals surface area contributed by atoms with E-state index in [1.165, 1.54) is 43.9 Å². The first-order chi connectivity index (χ1) is 11.1. The minimum atomic E-state index is 0.0373. The molecule has 0 N–H and O–H groups in total. The summed E-state index contributed by atoms with van der Waals surface area (Å²) in [4.78, 5) is 14.1. The summed E-state index contributed by atoms with van der Waals surface area (Å²) in [5.74, 6) is 1.42. The van der Waals surface area contributed by atoms with Gasteiger partial charge in [-0.05, 0) is 37.8 Å². The Labute approximate surface area is 144 Å². The van der Waals surface area contributed by atoms with E-state index < -0.39 is 0 Å². The molecule has 1 saturated carbocycles. The first-order valence-electron chi connectivity index (χ1n) is 8.37. The fourth-order valence-corrected chi connectivity index (χ4v) is 3.67. The number of carbonyl (C=O) groups is 1. The van der Waals surface area contributed by atoms with Crippen LogP contribution in [0.4, 0.5) is 10.5 Å². The molecular formula is C19H27NO2S. The summed E-state index contributed by atoms with van der Waals surface area (Å²) >= 11 is 1.35. The Morgan fingerprint density at radius 1 is 1.30 bits per heavy atom. The predicted octanol–water partition coefficient (Wildman–Crippen LogP) is 5.51. The molecule has 1 unspecified atom stereocenters. The molecule has 0 heterocycles. The molecule has 1 amide bonds. The van der Waals surface area contributed by atoms with E-state index >= 15 is 0 Å². The van der Waals surface area contributed by atoms with E-state index in [9.17, 15) is 4.79 Å². The van der Waals surface area contributed by atoms with Gasteiger partial charge in [-0.15, -0.1) is 0 Å². The van der Waals surface area contributed by atoms with E-state index in [0.717, 1.165) is 5.69 Å². The highest BCUT2D eigenvalue weighted by molar-refractivity contribution is 8.14. The van der Waals surface area contributed by atoms with Gasteiger partial charge in [-0.25, -0.2) is 0 Å². The first kappa shape index (κ1) is 17.9. The second-order valence-corrected chi connectivity index (χ2v) is 7.43. The molecule has 1 aliphatic carbocycles. The van der Waals surface area contributed by atoms with Gasteiger partial charge in [-0.2, -0.15) is 0 Å². The van der Waals surface area contributed by atoms with Crippen LogP contribution >= 0.6 is 11.8 Å². The van der Waals surface area contributed by atoms with Gasteiger partial charge in [0.1, 0.15) is 5.75 Å². The van der Waals surface area contributed by atoms with Crippen LogP contribution in [0.15, 0.2) is 36.4 Å². The third kappa shape index (κ3) is 5.31. The Morgan fingerprint density at radius 3 is 2.70 bits per heavy atom. The van der Waals surface area contributed by atoms with E-state index in [4.69, 9.17) is 4.74 Å². The number of carbonyl (C=O) groups excluding carboxylic acids is 1. The summed E-state index contributed by atoms with van der Waals surface area (Å²) in [6.07, 6.45) is 11.1. The van der Waals surface area contributed by atoms with Gasteiger partial charge in [-0.1, -0.05) is 55.3 Å². The van der Waals surface area contributed by atoms with Gasteiger partial charge < -0.3 is 9.64 Å². The van der Waals surface area contributed by atoms with Crippen LogP contribution in [0.2, 0.25) is 0 Å². The number of anilines is 1. The van der Waals surface area contributed by atoms with Crippen molar-refractivity contribution < 1.29 is 9.53 Å². The number of amides is 1. The number of hydrogen-bond acceptors (Lipinski definition) is 3. The number of methoxy groups -OCH3 is 1. The van der Waals surface area contributed by atoms with E-state index in [-0.39, 0.29) is 10.5 Å². The first-order valence-corrected chi connectivity index (χ1v) is 9.25. The Balaban J connectivity index is 1.90. The summed E-state index contributed by atoms with van der Waals surface area (Å²) < 4.78 is 5.33. The highest BCUT2D eigenvalue weighted by atomic mass is 32.2. The number of hydrogen-bond donors (Lipinski definition) is 0. The Kier molecular flexibility index (Phi) is 7.03. The van der Waals surface area contributed by atoms with Crippen molar-refractivity contribution >= 4 is 22.7 Å². The molecule has 1 aliphatic rings. The molecule has 0 aromatic heterocycles. The Morgan fingerprint density at radius 2 is 2.00 bits per heavy atom. The van der Waals surface area contributed by atoms with Crippen LogP contribution in [0.1, 0.15) is 39.0 Å². The van der Waals surface area contributed by atoms with Gasteiger partial charge in [0.2, 0.25) is 0 Å².